The molecule has 1 amide bonds. The second kappa shape index (κ2) is 9.55. The molecule has 0 bridgehead atoms. The van der Waals surface area contributed by atoms with Crippen LogP contribution in [-0.2, 0) is 4.79 Å². The number of aryl methyl sites for hydroxylation is 2. The summed E-state index contributed by atoms with van der Waals surface area (Å²) in [6.07, 6.45) is 7.99. The Morgan fingerprint density at radius 2 is 1.78 bits per heavy atom. The minimum absolute atomic E-state index is 0.204. The molecule has 2 aliphatic rings. The lowest BCUT2D eigenvalue weighted by Crippen LogP contribution is -2.48. The predicted octanol–water partition coefficient (Wildman–Crippen LogP) is 5.69. The Kier molecular flexibility index (Phi) is 6.35. The van der Waals surface area contributed by atoms with Crippen molar-refractivity contribution in [3.63, 3.8) is 0 Å². The summed E-state index contributed by atoms with van der Waals surface area (Å²) in [5, 5.41) is 9.18. The van der Waals surface area contributed by atoms with Crippen molar-refractivity contribution in [1.82, 2.24) is 29.8 Å². The summed E-state index contributed by atoms with van der Waals surface area (Å²) in [4.78, 5) is 26.2. The van der Waals surface area contributed by atoms with Crippen LogP contribution in [0.25, 0.3) is 27.1 Å². The van der Waals surface area contributed by atoms with Gasteiger partial charge in [0.05, 0.1) is 5.69 Å². The highest BCUT2D eigenvalue weighted by molar-refractivity contribution is 7.19. The van der Waals surface area contributed by atoms with E-state index in [4.69, 9.17) is 0 Å². The molecule has 37 heavy (non-hydrogen) atoms. The Hall–Kier alpha value is -2.71. The van der Waals surface area contributed by atoms with Gasteiger partial charge < -0.3 is 15.2 Å². The monoisotopic (exact) mass is 518 g/mol. The van der Waals surface area contributed by atoms with Crippen LogP contribution in [-0.4, -0.2) is 56.6 Å². The SMILES string of the molecule is Cc1c(-c2[nH]c3sc(C4CCC(C(=O)N5CCNCC5)CC4)c(C)c3c2C(C)C)cn2ncnc2c1C. The average Bonchev–Trinajstić information content (AvgIpc) is 3.61. The molecule has 1 saturated carbocycles. The Bertz CT molecular complexity index is 1460. The molecule has 7 nitrogen and oxygen atoms in total. The van der Waals surface area contributed by atoms with Gasteiger partial charge in [0, 0.05) is 54.1 Å². The number of hydrogen-bond donors (Lipinski definition) is 2. The Balaban J connectivity index is 1.31. The summed E-state index contributed by atoms with van der Waals surface area (Å²) < 4.78 is 1.90. The van der Waals surface area contributed by atoms with Gasteiger partial charge in [-0.15, -0.1) is 11.3 Å². The van der Waals surface area contributed by atoms with E-state index in [-0.39, 0.29) is 5.92 Å². The van der Waals surface area contributed by atoms with Gasteiger partial charge in [0.25, 0.3) is 0 Å². The van der Waals surface area contributed by atoms with Crippen molar-refractivity contribution in [2.45, 2.75) is 72.1 Å². The van der Waals surface area contributed by atoms with Crippen LogP contribution in [0.4, 0.5) is 0 Å². The number of amides is 1. The average molecular weight is 519 g/mol. The van der Waals surface area contributed by atoms with Gasteiger partial charge in [0.2, 0.25) is 5.91 Å². The van der Waals surface area contributed by atoms with Crippen LogP contribution in [0.15, 0.2) is 12.5 Å². The van der Waals surface area contributed by atoms with Crippen LogP contribution in [0, 0.1) is 26.7 Å². The number of pyridine rings is 1. The molecule has 0 atom stereocenters. The molecule has 2 N–H and O–H groups in total. The summed E-state index contributed by atoms with van der Waals surface area (Å²) in [6, 6.07) is 0. The second-order valence-electron chi connectivity index (χ2n) is 11.3. The summed E-state index contributed by atoms with van der Waals surface area (Å²) >= 11 is 1.94. The van der Waals surface area contributed by atoms with Crippen LogP contribution >= 0.6 is 11.3 Å². The molecule has 4 aromatic heterocycles. The fraction of sp³-hybridized carbons (Fsp3) is 0.552. The Labute approximate surface area is 222 Å². The molecule has 0 aromatic carbocycles. The maximum absolute atomic E-state index is 13.1. The van der Waals surface area contributed by atoms with Crippen molar-refractivity contribution in [2.24, 2.45) is 5.92 Å². The summed E-state index contributed by atoms with van der Waals surface area (Å²) in [5.74, 6) is 1.53. The topological polar surface area (TPSA) is 78.3 Å². The third-order valence-corrected chi connectivity index (χ3v) is 10.2. The van der Waals surface area contributed by atoms with Crippen LogP contribution < -0.4 is 5.32 Å². The first-order valence-electron chi connectivity index (χ1n) is 13.8. The first kappa shape index (κ1) is 24.6. The van der Waals surface area contributed by atoms with E-state index < -0.39 is 0 Å². The minimum Gasteiger partial charge on any atom is -0.346 e. The highest BCUT2D eigenvalue weighted by atomic mass is 32.1. The zero-order valence-electron chi connectivity index (χ0n) is 22.6. The van der Waals surface area contributed by atoms with Crippen molar-refractivity contribution in [2.75, 3.05) is 26.2 Å². The zero-order valence-corrected chi connectivity index (χ0v) is 23.5. The number of piperazine rings is 1. The molecule has 1 aliphatic heterocycles. The van der Waals surface area contributed by atoms with Gasteiger partial charge in [0.15, 0.2) is 5.65 Å². The quantitative estimate of drug-likeness (QED) is 0.364. The smallest absolute Gasteiger partial charge is 0.225 e. The standard InChI is InChI=1S/C29H38N6OS/c1-16(2)23-24-19(5)26(20-6-8-21(9-7-20)29(36)34-12-10-30-11-13-34)37-28(24)33-25(23)22-14-35-27(31-15-32-35)18(4)17(22)3/h14-16,20-21,30,33H,6-13H2,1-5H3. The van der Waals surface area contributed by atoms with Crippen molar-refractivity contribution >= 4 is 33.1 Å². The van der Waals surface area contributed by atoms with E-state index in [1.165, 1.54) is 48.6 Å². The number of carbonyl (C=O) groups is 1. The molecule has 1 saturated heterocycles. The largest absolute Gasteiger partial charge is 0.346 e. The Morgan fingerprint density at radius 3 is 2.49 bits per heavy atom. The maximum atomic E-state index is 13.1. The van der Waals surface area contributed by atoms with Crippen LogP contribution in [0.5, 0.6) is 0 Å². The molecule has 5 heterocycles. The number of carbonyl (C=O) groups excluding carboxylic acids is 1. The number of H-pyrrole nitrogens is 1. The maximum Gasteiger partial charge on any atom is 0.225 e. The molecule has 0 unspecified atom stereocenters. The van der Waals surface area contributed by atoms with Gasteiger partial charge in [-0.1, -0.05) is 13.8 Å². The summed E-state index contributed by atoms with van der Waals surface area (Å²) in [6.45, 7) is 14.8. The third kappa shape index (κ3) is 4.09. The lowest BCUT2D eigenvalue weighted by Gasteiger charge is -2.34. The number of aromatic nitrogens is 4. The van der Waals surface area contributed by atoms with Gasteiger partial charge in [-0.2, -0.15) is 5.10 Å². The summed E-state index contributed by atoms with van der Waals surface area (Å²) in [7, 11) is 0. The molecule has 0 spiro atoms. The van der Waals surface area contributed by atoms with E-state index in [2.05, 4.69) is 66.1 Å². The van der Waals surface area contributed by atoms with Gasteiger partial charge >= 0.3 is 0 Å². The number of rotatable bonds is 4. The van der Waals surface area contributed by atoms with Crippen LogP contribution in [0.1, 0.15) is 78.5 Å². The normalized spacial score (nSPS) is 21.0. The van der Waals surface area contributed by atoms with Crippen molar-refractivity contribution in [1.29, 1.82) is 0 Å². The van der Waals surface area contributed by atoms with E-state index in [9.17, 15) is 4.79 Å². The highest BCUT2D eigenvalue weighted by Gasteiger charge is 2.33. The van der Waals surface area contributed by atoms with E-state index in [0.29, 0.717) is 17.7 Å². The van der Waals surface area contributed by atoms with Crippen molar-refractivity contribution in [3.05, 3.63) is 39.7 Å². The van der Waals surface area contributed by atoms with Gasteiger partial charge in [-0.3, -0.25) is 4.79 Å². The zero-order chi connectivity index (χ0) is 25.8. The van der Waals surface area contributed by atoms with E-state index in [1.807, 2.05) is 15.9 Å². The lowest BCUT2D eigenvalue weighted by atomic mass is 9.79. The molecule has 4 aromatic rings. The third-order valence-electron chi connectivity index (χ3n) is 8.81. The first-order valence-corrected chi connectivity index (χ1v) is 14.6. The molecule has 0 radical (unpaired) electrons. The summed E-state index contributed by atoms with van der Waals surface area (Å²) in [5.41, 5.74) is 8.60. The minimum atomic E-state index is 0.204. The Morgan fingerprint density at radius 1 is 1.05 bits per heavy atom. The van der Waals surface area contributed by atoms with Gasteiger partial charge in [-0.05, 0) is 80.5 Å². The molecular formula is C29H38N6OS. The van der Waals surface area contributed by atoms with E-state index >= 15 is 0 Å². The van der Waals surface area contributed by atoms with Crippen molar-refractivity contribution in [3.8, 4) is 11.3 Å². The van der Waals surface area contributed by atoms with Gasteiger partial charge in [-0.25, -0.2) is 9.50 Å². The number of fused-ring (bicyclic) bond motifs is 2. The van der Waals surface area contributed by atoms with Crippen molar-refractivity contribution < 1.29 is 4.79 Å². The molecular weight excluding hydrogens is 480 g/mol. The second-order valence-corrected chi connectivity index (χ2v) is 12.4. The molecule has 196 valence electrons. The number of hydrogen-bond acceptors (Lipinski definition) is 5. The number of aromatic amines is 1. The van der Waals surface area contributed by atoms with E-state index in [0.717, 1.165) is 57.5 Å². The predicted molar refractivity (Wildman–Crippen MR) is 151 cm³/mol. The highest BCUT2D eigenvalue weighted by Crippen LogP contribution is 2.48. The van der Waals surface area contributed by atoms with Gasteiger partial charge in [0.1, 0.15) is 11.2 Å². The fourth-order valence-electron chi connectivity index (χ4n) is 6.63. The molecule has 8 heteroatoms. The number of nitrogens with zero attached hydrogens (tertiary/aromatic N) is 4. The molecule has 6 rings (SSSR count). The number of thiophene rings is 1. The molecule has 2 fully saturated rings. The number of nitrogens with one attached hydrogen (secondary N) is 2. The van der Waals surface area contributed by atoms with E-state index in [1.54, 1.807) is 6.33 Å². The molecule has 1 aliphatic carbocycles. The first-order chi connectivity index (χ1) is 17.8. The van der Waals surface area contributed by atoms with Crippen LogP contribution in [0.3, 0.4) is 0 Å². The lowest BCUT2D eigenvalue weighted by molar-refractivity contribution is -0.137. The fourth-order valence-corrected chi connectivity index (χ4v) is 8.02. The van der Waals surface area contributed by atoms with Crippen LogP contribution in [0.2, 0.25) is 0 Å².